The summed E-state index contributed by atoms with van der Waals surface area (Å²) < 4.78 is 10.7. The molecular weight excluding hydrogens is 244 g/mol. The minimum Gasteiger partial charge on any atom is -0.544 e. The lowest BCUT2D eigenvalue weighted by Gasteiger charge is -2.19. The van der Waals surface area contributed by atoms with E-state index in [1.807, 2.05) is 24.3 Å². The first-order chi connectivity index (χ1) is 8.40. The zero-order valence-corrected chi connectivity index (χ0v) is 12.4. The molecule has 1 aromatic carbocycles. The van der Waals surface area contributed by atoms with Crippen LogP contribution in [-0.2, 0) is 9.53 Å². The largest absolute Gasteiger partial charge is 0.544 e. The van der Waals surface area contributed by atoms with Gasteiger partial charge < -0.3 is 9.16 Å². The Morgan fingerprint density at radius 2 is 2.06 bits per heavy atom. The van der Waals surface area contributed by atoms with Crippen molar-refractivity contribution in [3.05, 3.63) is 35.9 Å². The molecular formula is C14H20O3Si. The molecule has 3 nitrogen and oxygen atoms in total. The lowest BCUT2D eigenvalue weighted by molar-refractivity contribution is -0.137. The second-order valence-electron chi connectivity index (χ2n) is 4.87. The first-order valence-corrected chi connectivity index (χ1v) is 9.45. The van der Waals surface area contributed by atoms with Gasteiger partial charge >= 0.3 is 5.97 Å². The average molecular weight is 264 g/mol. The van der Waals surface area contributed by atoms with E-state index in [2.05, 4.69) is 19.6 Å². The lowest BCUT2D eigenvalue weighted by atomic mass is 10.2. The van der Waals surface area contributed by atoms with Crippen molar-refractivity contribution in [1.29, 1.82) is 0 Å². The summed E-state index contributed by atoms with van der Waals surface area (Å²) in [5.41, 5.74) is 0.929. The van der Waals surface area contributed by atoms with E-state index >= 15 is 0 Å². The summed E-state index contributed by atoms with van der Waals surface area (Å²) in [4.78, 5) is 11.2. The summed E-state index contributed by atoms with van der Waals surface area (Å²) in [6, 6.07) is 7.70. The van der Waals surface area contributed by atoms with Crippen LogP contribution in [0.3, 0.4) is 0 Å². The first-order valence-electron chi connectivity index (χ1n) is 6.04. The highest BCUT2D eigenvalue weighted by molar-refractivity contribution is 6.70. The van der Waals surface area contributed by atoms with Crippen LogP contribution in [0.1, 0.15) is 12.5 Å². The molecule has 0 unspecified atom stereocenters. The standard InChI is InChI=1S/C14H20O3Si/c1-5-16-14(15)10-9-12-7-6-8-13(11-12)17-18(2,3)4/h6-11H,5H2,1-4H3/b10-9+. The molecule has 0 aromatic heterocycles. The molecule has 0 radical (unpaired) electrons. The van der Waals surface area contributed by atoms with Gasteiger partial charge in [-0.05, 0) is 50.3 Å². The summed E-state index contributed by atoms with van der Waals surface area (Å²) in [5, 5.41) is 0. The van der Waals surface area contributed by atoms with Crippen LogP contribution in [0.5, 0.6) is 5.75 Å². The van der Waals surface area contributed by atoms with Crippen LogP contribution < -0.4 is 4.43 Å². The zero-order valence-electron chi connectivity index (χ0n) is 11.4. The van der Waals surface area contributed by atoms with Crippen molar-refractivity contribution < 1.29 is 14.0 Å². The van der Waals surface area contributed by atoms with E-state index in [9.17, 15) is 4.79 Å². The molecule has 18 heavy (non-hydrogen) atoms. The minimum atomic E-state index is -1.59. The number of hydrogen-bond acceptors (Lipinski definition) is 3. The summed E-state index contributed by atoms with van der Waals surface area (Å²) in [6.07, 6.45) is 3.16. The molecule has 0 fully saturated rings. The van der Waals surface area contributed by atoms with Crippen LogP contribution >= 0.6 is 0 Å². The molecule has 0 spiro atoms. The van der Waals surface area contributed by atoms with Gasteiger partial charge in [0.15, 0.2) is 0 Å². The summed E-state index contributed by atoms with van der Waals surface area (Å²) in [6.45, 7) is 8.58. The van der Waals surface area contributed by atoms with Crippen molar-refractivity contribution in [2.75, 3.05) is 6.61 Å². The Kier molecular flexibility index (Phi) is 5.16. The van der Waals surface area contributed by atoms with E-state index in [-0.39, 0.29) is 5.97 Å². The van der Waals surface area contributed by atoms with Gasteiger partial charge in [0.05, 0.1) is 6.61 Å². The van der Waals surface area contributed by atoms with Crippen LogP contribution in [0.15, 0.2) is 30.3 Å². The Morgan fingerprint density at radius 1 is 1.33 bits per heavy atom. The van der Waals surface area contributed by atoms with E-state index < -0.39 is 8.32 Å². The molecule has 0 N–H and O–H groups in total. The number of benzene rings is 1. The summed E-state index contributed by atoms with van der Waals surface area (Å²) in [7, 11) is -1.59. The normalized spacial score (nSPS) is 11.6. The highest BCUT2D eigenvalue weighted by Crippen LogP contribution is 2.18. The number of carbonyl (C=O) groups is 1. The Labute approximate surface area is 110 Å². The number of ether oxygens (including phenoxy) is 1. The number of hydrogen-bond donors (Lipinski definition) is 0. The van der Waals surface area contributed by atoms with E-state index in [1.54, 1.807) is 13.0 Å². The molecule has 4 heteroatoms. The number of esters is 1. The fourth-order valence-corrected chi connectivity index (χ4v) is 2.22. The second kappa shape index (κ2) is 6.40. The van der Waals surface area contributed by atoms with Crippen molar-refractivity contribution in [2.45, 2.75) is 26.6 Å². The van der Waals surface area contributed by atoms with E-state index in [1.165, 1.54) is 6.08 Å². The first kappa shape index (κ1) is 14.5. The van der Waals surface area contributed by atoms with Gasteiger partial charge in [-0.25, -0.2) is 4.79 Å². The van der Waals surface area contributed by atoms with Gasteiger partial charge in [-0.2, -0.15) is 0 Å². The van der Waals surface area contributed by atoms with Gasteiger partial charge in [-0.1, -0.05) is 12.1 Å². The van der Waals surface area contributed by atoms with E-state index in [4.69, 9.17) is 9.16 Å². The van der Waals surface area contributed by atoms with Crippen molar-refractivity contribution >= 4 is 20.4 Å². The second-order valence-corrected chi connectivity index (χ2v) is 9.30. The number of carbonyl (C=O) groups excluding carboxylic acids is 1. The molecule has 0 bridgehead atoms. The Bertz CT molecular complexity index is 433. The van der Waals surface area contributed by atoms with Crippen molar-refractivity contribution in [3.63, 3.8) is 0 Å². The zero-order chi connectivity index (χ0) is 13.6. The third-order valence-corrected chi connectivity index (χ3v) is 2.83. The van der Waals surface area contributed by atoms with Crippen LogP contribution in [0, 0.1) is 0 Å². The minimum absolute atomic E-state index is 0.325. The third kappa shape index (κ3) is 5.68. The van der Waals surface area contributed by atoms with Crippen molar-refractivity contribution in [2.24, 2.45) is 0 Å². The molecule has 1 rings (SSSR count). The third-order valence-electron chi connectivity index (χ3n) is 1.98. The Morgan fingerprint density at radius 3 is 2.67 bits per heavy atom. The molecule has 0 aliphatic carbocycles. The number of rotatable bonds is 5. The molecule has 0 atom stereocenters. The molecule has 0 aliphatic rings. The van der Waals surface area contributed by atoms with Crippen molar-refractivity contribution in [3.8, 4) is 5.75 Å². The highest BCUT2D eigenvalue weighted by Gasteiger charge is 2.15. The predicted octanol–water partition coefficient (Wildman–Crippen LogP) is 3.48. The summed E-state index contributed by atoms with van der Waals surface area (Å²) >= 11 is 0. The van der Waals surface area contributed by atoms with Gasteiger partial charge in [0.2, 0.25) is 8.32 Å². The van der Waals surface area contributed by atoms with Gasteiger partial charge in [-0.3, -0.25) is 0 Å². The quantitative estimate of drug-likeness (QED) is 0.464. The fraction of sp³-hybridized carbons (Fsp3) is 0.357. The average Bonchev–Trinajstić information content (AvgIpc) is 2.25. The molecule has 0 saturated heterocycles. The summed E-state index contributed by atoms with van der Waals surface area (Å²) in [5.74, 6) is 0.522. The van der Waals surface area contributed by atoms with Crippen LogP contribution in [0.25, 0.3) is 6.08 Å². The van der Waals surface area contributed by atoms with Gasteiger partial charge in [0.25, 0.3) is 0 Å². The van der Waals surface area contributed by atoms with E-state index in [0.717, 1.165) is 11.3 Å². The fourth-order valence-electron chi connectivity index (χ4n) is 1.39. The topological polar surface area (TPSA) is 35.5 Å². The maximum absolute atomic E-state index is 11.2. The Balaban J connectivity index is 2.73. The van der Waals surface area contributed by atoms with Crippen LogP contribution in [0.2, 0.25) is 19.6 Å². The SMILES string of the molecule is CCOC(=O)/C=C/c1cccc(O[Si](C)(C)C)c1. The Hall–Kier alpha value is -1.55. The van der Waals surface area contributed by atoms with Crippen LogP contribution in [-0.4, -0.2) is 20.9 Å². The molecule has 1 aromatic rings. The van der Waals surface area contributed by atoms with Crippen molar-refractivity contribution in [1.82, 2.24) is 0 Å². The highest BCUT2D eigenvalue weighted by atomic mass is 28.4. The lowest BCUT2D eigenvalue weighted by Crippen LogP contribution is -2.29. The van der Waals surface area contributed by atoms with Gasteiger partial charge in [-0.15, -0.1) is 0 Å². The molecule has 0 saturated carbocycles. The monoisotopic (exact) mass is 264 g/mol. The van der Waals surface area contributed by atoms with Gasteiger partial charge in [0, 0.05) is 6.08 Å². The molecule has 0 aliphatic heterocycles. The van der Waals surface area contributed by atoms with Gasteiger partial charge in [0.1, 0.15) is 5.75 Å². The molecule has 0 amide bonds. The maximum Gasteiger partial charge on any atom is 0.330 e. The predicted molar refractivity (Wildman–Crippen MR) is 76.1 cm³/mol. The van der Waals surface area contributed by atoms with E-state index in [0.29, 0.717) is 6.61 Å². The van der Waals surface area contributed by atoms with Crippen LogP contribution in [0.4, 0.5) is 0 Å². The molecule has 98 valence electrons. The smallest absolute Gasteiger partial charge is 0.330 e. The maximum atomic E-state index is 11.2. The molecule has 0 heterocycles.